The van der Waals surface area contributed by atoms with Crippen molar-refractivity contribution in [3.8, 4) is 11.5 Å². The first-order chi connectivity index (χ1) is 23.3. The number of Topliss-reactive ketones (excluding diaryl/α,β-unsaturated/α-hetero) is 1. The molecule has 0 aliphatic carbocycles. The molecule has 1 unspecified atom stereocenters. The smallest absolute Gasteiger partial charge is 0.301 e. The van der Waals surface area contributed by atoms with Crippen LogP contribution in [0.1, 0.15) is 47.2 Å². The van der Waals surface area contributed by atoms with Crippen LogP contribution in [0.3, 0.4) is 0 Å². The minimum absolute atomic E-state index is 0.0635. The van der Waals surface area contributed by atoms with Crippen LogP contribution in [0.5, 0.6) is 11.5 Å². The molecule has 0 bridgehead atoms. The first kappa shape index (κ1) is 32.9. The third kappa shape index (κ3) is 7.42. The Morgan fingerprint density at radius 1 is 0.917 bits per heavy atom. The topological polar surface area (TPSA) is 102 Å². The maximum Gasteiger partial charge on any atom is 0.301 e. The van der Waals surface area contributed by atoms with Gasteiger partial charge >= 0.3 is 5.91 Å². The van der Waals surface area contributed by atoms with E-state index in [0.29, 0.717) is 45.9 Å². The first-order valence-corrected chi connectivity index (χ1v) is 17.1. The first-order valence-electron chi connectivity index (χ1n) is 15.3. The van der Waals surface area contributed by atoms with E-state index in [1.54, 1.807) is 60.7 Å². The van der Waals surface area contributed by atoms with Crippen LogP contribution in [0.15, 0.2) is 107 Å². The number of rotatable bonds is 12. The van der Waals surface area contributed by atoms with Crippen molar-refractivity contribution < 1.29 is 28.6 Å². The molecule has 1 fully saturated rings. The number of aliphatic hydroxyl groups is 1. The highest BCUT2D eigenvalue weighted by Gasteiger charge is 2.48. The Bertz CT molecular complexity index is 1940. The zero-order chi connectivity index (χ0) is 33.6. The number of carbonyl (C=O) groups excluding carboxylic acids is 2. The monoisotopic (exact) mass is 681 g/mol. The van der Waals surface area contributed by atoms with Gasteiger partial charge in [0.25, 0.3) is 5.78 Å². The number of aryl methyl sites for hydroxylation is 1. The summed E-state index contributed by atoms with van der Waals surface area (Å²) in [5.41, 5.74) is 3.95. The van der Waals surface area contributed by atoms with Crippen molar-refractivity contribution in [2.24, 2.45) is 0 Å². The fraction of sp³-hybridized carbons (Fsp3) is 0.189. The standard InChI is InChI=1S/C37H32FN3O5S2/c1-3-19-45-29-15-9-26(10-16-29)32-31(33(42)27-11-17-30(18-12-27)46-21-25-6-4-5-23(2)20-25)34(43)35(44)41(32)36-39-40-37(48-36)47-22-24-7-13-28(38)14-8-24/h4-18,20,32,42H,3,19,21-22H2,1-2H3. The summed E-state index contributed by atoms with van der Waals surface area (Å²) < 4.78 is 25.6. The molecular formula is C37H32FN3O5S2. The van der Waals surface area contributed by atoms with Crippen LogP contribution in [-0.4, -0.2) is 33.6 Å². The third-order valence-electron chi connectivity index (χ3n) is 7.61. The second kappa shape index (κ2) is 14.8. The minimum Gasteiger partial charge on any atom is -0.507 e. The molecule has 1 atom stereocenters. The van der Waals surface area contributed by atoms with Gasteiger partial charge in [-0.3, -0.25) is 14.5 Å². The Labute approximate surface area is 285 Å². The Morgan fingerprint density at radius 2 is 1.62 bits per heavy atom. The molecule has 0 radical (unpaired) electrons. The lowest BCUT2D eigenvalue weighted by Crippen LogP contribution is -2.29. The van der Waals surface area contributed by atoms with Crippen molar-refractivity contribution in [1.82, 2.24) is 10.2 Å². The number of nitrogens with zero attached hydrogens (tertiary/aromatic N) is 3. The van der Waals surface area contributed by atoms with E-state index < -0.39 is 17.7 Å². The Morgan fingerprint density at radius 3 is 2.33 bits per heavy atom. The summed E-state index contributed by atoms with van der Waals surface area (Å²) in [4.78, 5) is 28.6. The highest BCUT2D eigenvalue weighted by molar-refractivity contribution is 8.00. The van der Waals surface area contributed by atoms with Gasteiger partial charge in [0.15, 0.2) is 4.34 Å². The van der Waals surface area contributed by atoms with Gasteiger partial charge in [-0.05, 0) is 78.6 Å². The number of hydrogen-bond donors (Lipinski definition) is 1. The number of aromatic nitrogens is 2. The van der Waals surface area contributed by atoms with Gasteiger partial charge in [0.2, 0.25) is 5.13 Å². The van der Waals surface area contributed by atoms with Crippen LogP contribution in [0.25, 0.3) is 5.76 Å². The SMILES string of the molecule is CCCOc1ccc(C2C(=C(O)c3ccc(OCc4cccc(C)c4)cc3)C(=O)C(=O)N2c2nnc(SCc3ccc(F)cc3)s2)cc1. The van der Waals surface area contributed by atoms with Gasteiger partial charge in [-0.1, -0.05) is 84.1 Å². The average Bonchev–Trinajstić information content (AvgIpc) is 3.67. The number of benzene rings is 4. The molecule has 1 aliphatic rings. The highest BCUT2D eigenvalue weighted by atomic mass is 32.2. The molecule has 1 amide bonds. The van der Waals surface area contributed by atoms with Gasteiger partial charge in [0.05, 0.1) is 18.2 Å². The Kier molecular flexibility index (Phi) is 10.2. The molecule has 4 aromatic carbocycles. The van der Waals surface area contributed by atoms with E-state index in [0.717, 1.165) is 34.4 Å². The van der Waals surface area contributed by atoms with Gasteiger partial charge in [-0.25, -0.2) is 4.39 Å². The van der Waals surface area contributed by atoms with Gasteiger partial charge in [0.1, 0.15) is 29.7 Å². The molecular weight excluding hydrogens is 650 g/mol. The predicted molar refractivity (Wildman–Crippen MR) is 185 cm³/mol. The van der Waals surface area contributed by atoms with Crippen molar-refractivity contribution in [3.05, 3.63) is 136 Å². The molecule has 0 saturated carbocycles. The molecule has 1 aliphatic heterocycles. The summed E-state index contributed by atoms with van der Waals surface area (Å²) in [6, 6.07) is 27.1. The second-order valence-electron chi connectivity index (χ2n) is 11.2. The number of halogens is 1. The van der Waals surface area contributed by atoms with E-state index in [2.05, 4.69) is 10.2 Å². The molecule has 1 saturated heterocycles. The minimum atomic E-state index is -0.967. The fourth-order valence-corrected chi connectivity index (χ4v) is 7.05. The van der Waals surface area contributed by atoms with E-state index in [-0.39, 0.29) is 22.3 Å². The number of aliphatic hydroxyl groups excluding tert-OH is 1. The van der Waals surface area contributed by atoms with Crippen molar-refractivity contribution in [3.63, 3.8) is 0 Å². The van der Waals surface area contributed by atoms with E-state index in [9.17, 15) is 19.1 Å². The third-order valence-corrected chi connectivity index (χ3v) is 9.73. The van der Waals surface area contributed by atoms with Crippen LogP contribution >= 0.6 is 23.1 Å². The van der Waals surface area contributed by atoms with Crippen LogP contribution in [-0.2, 0) is 21.9 Å². The van der Waals surface area contributed by atoms with Crippen molar-refractivity contribution >= 4 is 45.7 Å². The van der Waals surface area contributed by atoms with E-state index >= 15 is 0 Å². The van der Waals surface area contributed by atoms with E-state index in [1.807, 2.05) is 38.1 Å². The molecule has 5 aromatic rings. The molecule has 6 rings (SSSR count). The quantitative estimate of drug-likeness (QED) is 0.0462. The molecule has 2 heterocycles. The summed E-state index contributed by atoms with van der Waals surface area (Å²) in [5, 5.41) is 20.3. The molecule has 48 heavy (non-hydrogen) atoms. The van der Waals surface area contributed by atoms with Crippen molar-refractivity contribution in [2.45, 2.75) is 43.0 Å². The van der Waals surface area contributed by atoms with Crippen LogP contribution < -0.4 is 14.4 Å². The lowest BCUT2D eigenvalue weighted by molar-refractivity contribution is -0.132. The number of carbonyl (C=O) groups is 2. The van der Waals surface area contributed by atoms with Gasteiger partial charge in [-0.15, -0.1) is 10.2 Å². The Hall–Kier alpha value is -5.00. The number of ketones is 1. The zero-order valence-corrected chi connectivity index (χ0v) is 27.9. The zero-order valence-electron chi connectivity index (χ0n) is 26.3. The van der Waals surface area contributed by atoms with Gasteiger partial charge in [0, 0.05) is 11.3 Å². The summed E-state index contributed by atoms with van der Waals surface area (Å²) in [6.07, 6.45) is 0.843. The number of thioether (sulfide) groups is 1. The summed E-state index contributed by atoms with van der Waals surface area (Å²) in [6.45, 7) is 4.96. The predicted octanol–water partition coefficient (Wildman–Crippen LogP) is 8.27. The van der Waals surface area contributed by atoms with E-state index in [4.69, 9.17) is 9.47 Å². The lowest BCUT2D eigenvalue weighted by atomic mass is 9.95. The summed E-state index contributed by atoms with van der Waals surface area (Å²) >= 11 is 2.55. The molecule has 0 spiro atoms. The maximum atomic E-state index is 13.7. The van der Waals surface area contributed by atoms with Crippen LogP contribution in [0.4, 0.5) is 9.52 Å². The molecule has 1 N–H and O–H groups in total. The van der Waals surface area contributed by atoms with Crippen LogP contribution in [0, 0.1) is 12.7 Å². The molecule has 244 valence electrons. The number of ether oxygens (including phenoxy) is 2. The number of hydrogen-bond acceptors (Lipinski definition) is 9. The maximum absolute atomic E-state index is 13.7. The highest BCUT2D eigenvalue weighted by Crippen LogP contribution is 2.44. The summed E-state index contributed by atoms with van der Waals surface area (Å²) in [7, 11) is 0. The number of amides is 1. The van der Waals surface area contributed by atoms with Gasteiger partial charge < -0.3 is 14.6 Å². The van der Waals surface area contributed by atoms with Crippen molar-refractivity contribution in [2.75, 3.05) is 11.5 Å². The van der Waals surface area contributed by atoms with Crippen molar-refractivity contribution in [1.29, 1.82) is 0 Å². The largest absolute Gasteiger partial charge is 0.507 e. The average molecular weight is 682 g/mol. The fourth-order valence-electron chi connectivity index (χ4n) is 5.23. The molecule has 8 nitrogen and oxygen atoms in total. The van der Waals surface area contributed by atoms with Crippen LogP contribution in [0.2, 0.25) is 0 Å². The molecule has 1 aromatic heterocycles. The number of anilines is 1. The Balaban J connectivity index is 1.30. The van der Waals surface area contributed by atoms with E-state index in [1.165, 1.54) is 28.8 Å². The van der Waals surface area contributed by atoms with Gasteiger partial charge in [-0.2, -0.15) is 0 Å². The summed E-state index contributed by atoms with van der Waals surface area (Å²) in [5.74, 6) is -0.531. The lowest BCUT2D eigenvalue weighted by Gasteiger charge is -2.22. The normalized spacial score (nSPS) is 15.6. The molecule has 11 heteroatoms. The second-order valence-corrected chi connectivity index (χ2v) is 13.3.